The van der Waals surface area contributed by atoms with Crippen LogP contribution in [0, 0.1) is 0 Å². The van der Waals surface area contributed by atoms with E-state index in [0.29, 0.717) is 0 Å². The van der Waals surface area contributed by atoms with Gasteiger partial charge in [0.1, 0.15) is 6.10 Å². The molecule has 2 rings (SSSR count). The fourth-order valence-electron chi connectivity index (χ4n) is 1.24. The van der Waals surface area contributed by atoms with Gasteiger partial charge in [-0.2, -0.15) is 0 Å². The van der Waals surface area contributed by atoms with Crippen molar-refractivity contribution in [3.63, 3.8) is 0 Å². The van der Waals surface area contributed by atoms with E-state index < -0.39 is 0 Å². The zero-order valence-corrected chi connectivity index (χ0v) is 8.58. The van der Waals surface area contributed by atoms with Crippen molar-refractivity contribution in [2.45, 2.75) is 17.9 Å². The average Bonchev–Trinajstić information content (AvgIpc) is 2.47. The maximum absolute atomic E-state index is 10.9. The Morgan fingerprint density at radius 2 is 2.00 bits per heavy atom. The second kappa shape index (κ2) is 3.88. The normalized spacial score (nSPS) is 20.5. The Hall–Kier alpha value is -1.22. The van der Waals surface area contributed by atoms with Crippen LogP contribution in [0.15, 0.2) is 46.2 Å². The fraction of sp³-hybridized carbons (Fsp3) is 0.182. The molecule has 0 saturated heterocycles. The van der Waals surface area contributed by atoms with Crippen LogP contribution in [0.2, 0.25) is 0 Å². The minimum atomic E-state index is -0.240. The van der Waals surface area contributed by atoms with Gasteiger partial charge in [-0.1, -0.05) is 30.0 Å². The number of cyclic esters (lactones) is 1. The molecular weight excluding hydrogens is 196 g/mol. The zero-order chi connectivity index (χ0) is 9.97. The Kier molecular flexibility index (Phi) is 2.59. The number of ether oxygens (including phenoxy) is 1. The van der Waals surface area contributed by atoms with Gasteiger partial charge in [0.15, 0.2) is 0 Å². The lowest BCUT2D eigenvalue weighted by atomic mass is 10.4. The second-order valence-corrected chi connectivity index (χ2v) is 4.19. The molecule has 14 heavy (non-hydrogen) atoms. The third-order valence-electron chi connectivity index (χ3n) is 1.93. The molecule has 1 aromatic rings. The molecule has 0 radical (unpaired) electrons. The predicted molar refractivity (Wildman–Crippen MR) is 55.9 cm³/mol. The summed E-state index contributed by atoms with van der Waals surface area (Å²) in [7, 11) is 0. The molecule has 1 atom stereocenters. The highest BCUT2D eigenvalue weighted by molar-refractivity contribution is 8.03. The predicted octanol–water partition coefficient (Wildman–Crippen LogP) is 2.61. The molecule has 1 heterocycles. The van der Waals surface area contributed by atoms with Gasteiger partial charge in [-0.3, -0.25) is 0 Å². The van der Waals surface area contributed by atoms with Gasteiger partial charge in [-0.25, -0.2) is 4.79 Å². The second-order valence-electron chi connectivity index (χ2n) is 3.04. The quantitative estimate of drug-likeness (QED) is 0.696. The van der Waals surface area contributed by atoms with E-state index in [1.807, 2.05) is 37.3 Å². The van der Waals surface area contributed by atoms with Crippen molar-refractivity contribution in [1.29, 1.82) is 0 Å². The molecular formula is C11H10O2S. The van der Waals surface area contributed by atoms with Gasteiger partial charge < -0.3 is 4.74 Å². The summed E-state index contributed by atoms with van der Waals surface area (Å²) in [5.41, 5.74) is 0. The van der Waals surface area contributed by atoms with Gasteiger partial charge in [0.25, 0.3) is 0 Å². The van der Waals surface area contributed by atoms with E-state index in [-0.39, 0.29) is 12.1 Å². The monoisotopic (exact) mass is 206 g/mol. The van der Waals surface area contributed by atoms with Gasteiger partial charge in [0, 0.05) is 15.9 Å². The molecule has 1 aliphatic rings. The molecule has 1 aromatic carbocycles. The fourth-order valence-corrected chi connectivity index (χ4v) is 2.17. The molecule has 0 aliphatic carbocycles. The average molecular weight is 206 g/mol. The first-order chi connectivity index (χ1) is 6.75. The van der Waals surface area contributed by atoms with E-state index in [1.54, 1.807) is 17.8 Å². The summed E-state index contributed by atoms with van der Waals surface area (Å²) in [4.78, 5) is 13.0. The van der Waals surface area contributed by atoms with E-state index in [2.05, 4.69) is 0 Å². The van der Waals surface area contributed by atoms with Crippen LogP contribution in [0.1, 0.15) is 6.92 Å². The largest absolute Gasteiger partial charge is 0.454 e. The number of hydrogen-bond acceptors (Lipinski definition) is 3. The number of rotatable bonds is 2. The van der Waals surface area contributed by atoms with Gasteiger partial charge in [0.2, 0.25) is 0 Å². The summed E-state index contributed by atoms with van der Waals surface area (Å²) < 4.78 is 4.99. The van der Waals surface area contributed by atoms with Crippen LogP contribution in [0.4, 0.5) is 0 Å². The number of hydrogen-bond donors (Lipinski definition) is 0. The van der Waals surface area contributed by atoms with Gasteiger partial charge >= 0.3 is 5.97 Å². The summed E-state index contributed by atoms with van der Waals surface area (Å²) in [6, 6.07) is 9.95. The Bertz CT molecular complexity index is 370. The Morgan fingerprint density at radius 3 is 2.57 bits per heavy atom. The molecule has 1 aliphatic heterocycles. The lowest BCUT2D eigenvalue weighted by Gasteiger charge is -2.07. The topological polar surface area (TPSA) is 26.3 Å². The first-order valence-electron chi connectivity index (χ1n) is 4.41. The number of carbonyl (C=O) groups is 1. The minimum Gasteiger partial charge on any atom is -0.454 e. The highest BCUT2D eigenvalue weighted by Gasteiger charge is 2.22. The molecule has 0 N–H and O–H groups in total. The number of thioether (sulfide) groups is 1. The maximum atomic E-state index is 10.9. The Morgan fingerprint density at radius 1 is 1.29 bits per heavy atom. The van der Waals surface area contributed by atoms with Crippen molar-refractivity contribution in [1.82, 2.24) is 0 Å². The van der Waals surface area contributed by atoms with Gasteiger partial charge in [-0.05, 0) is 19.1 Å². The summed E-state index contributed by atoms with van der Waals surface area (Å²) >= 11 is 1.58. The summed E-state index contributed by atoms with van der Waals surface area (Å²) in [5, 5.41) is 0. The van der Waals surface area contributed by atoms with Crippen LogP contribution < -0.4 is 0 Å². The van der Waals surface area contributed by atoms with Crippen molar-refractivity contribution in [2.24, 2.45) is 0 Å². The molecule has 0 aromatic heterocycles. The first-order valence-corrected chi connectivity index (χ1v) is 5.22. The molecule has 72 valence electrons. The molecule has 0 amide bonds. The van der Waals surface area contributed by atoms with E-state index in [4.69, 9.17) is 4.74 Å². The Balaban J connectivity index is 2.12. The highest BCUT2D eigenvalue weighted by atomic mass is 32.2. The SMILES string of the molecule is CC1OC(=O)C=C1Sc1ccccc1. The van der Waals surface area contributed by atoms with Crippen LogP contribution in [0.25, 0.3) is 0 Å². The number of benzene rings is 1. The lowest BCUT2D eigenvalue weighted by Crippen LogP contribution is -2.04. The van der Waals surface area contributed by atoms with Crippen molar-refractivity contribution in [2.75, 3.05) is 0 Å². The van der Waals surface area contributed by atoms with E-state index in [0.717, 1.165) is 9.80 Å². The van der Waals surface area contributed by atoms with Gasteiger partial charge in [0.05, 0.1) is 0 Å². The van der Waals surface area contributed by atoms with E-state index in [9.17, 15) is 4.79 Å². The van der Waals surface area contributed by atoms with Crippen molar-refractivity contribution < 1.29 is 9.53 Å². The van der Waals surface area contributed by atoms with Crippen LogP contribution in [-0.4, -0.2) is 12.1 Å². The van der Waals surface area contributed by atoms with Crippen LogP contribution in [0.3, 0.4) is 0 Å². The maximum Gasteiger partial charge on any atom is 0.332 e. The third kappa shape index (κ3) is 1.99. The van der Waals surface area contributed by atoms with Crippen molar-refractivity contribution >= 4 is 17.7 Å². The van der Waals surface area contributed by atoms with Gasteiger partial charge in [-0.15, -0.1) is 0 Å². The number of carbonyl (C=O) groups excluding carboxylic acids is 1. The Labute approximate surface area is 87.0 Å². The molecule has 0 spiro atoms. The summed E-state index contributed by atoms with van der Waals surface area (Å²) in [6.45, 7) is 1.88. The third-order valence-corrected chi connectivity index (χ3v) is 3.13. The first kappa shape index (κ1) is 9.34. The van der Waals surface area contributed by atoms with E-state index in [1.165, 1.54) is 0 Å². The standard InChI is InChI=1S/C11H10O2S/c1-8-10(7-11(12)13-8)14-9-5-3-2-4-6-9/h2-8H,1H3. The van der Waals surface area contributed by atoms with E-state index >= 15 is 0 Å². The van der Waals surface area contributed by atoms with Crippen molar-refractivity contribution in [3.05, 3.63) is 41.3 Å². The molecule has 0 fully saturated rings. The van der Waals surface area contributed by atoms with Crippen LogP contribution in [0.5, 0.6) is 0 Å². The van der Waals surface area contributed by atoms with Crippen LogP contribution in [-0.2, 0) is 9.53 Å². The van der Waals surface area contributed by atoms with Crippen LogP contribution >= 0.6 is 11.8 Å². The molecule has 2 nitrogen and oxygen atoms in total. The minimum absolute atomic E-state index is 0.104. The molecule has 1 unspecified atom stereocenters. The smallest absolute Gasteiger partial charge is 0.332 e. The summed E-state index contributed by atoms with van der Waals surface area (Å²) in [5.74, 6) is -0.240. The summed E-state index contributed by atoms with van der Waals surface area (Å²) in [6.07, 6.45) is 1.45. The molecule has 3 heteroatoms. The number of esters is 1. The molecule has 0 saturated carbocycles. The molecule has 0 bridgehead atoms. The highest BCUT2D eigenvalue weighted by Crippen LogP contribution is 2.32. The zero-order valence-electron chi connectivity index (χ0n) is 7.77. The van der Waals surface area contributed by atoms with Crippen molar-refractivity contribution in [3.8, 4) is 0 Å². The lowest BCUT2D eigenvalue weighted by molar-refractivity contribution is -0.138.